The van der Waals surface area contributed by atoms with E-state index in [1.54, 1.807) is 6.20 Å². The standard InChI is InChI=1S/C12H15BrN4O/c1-3-7(2)9(14)12-16-11(17-18-12)10-8(13)5-4-6-15-10/h4-7,9H,3,14H2,1-2H3. The van der Waals surface area contributed by atoms with Crippen LogP contribution in [0.4, 0.5) is 0 Å². The molecule has 18 heavy (non-hydrogen) atoms. The molecular formula is C12H15BrN4O. The van der Waals surface area contributed by atoms with Gasteiger partial charge in [0, 0.05) is 10.7 Å². The number of hydrogen-bond donors (Lipinski definition) is 1. The van der Waals surface area contributed by atoms with Crippen molar-refractivity contribution < 1.29 is 4.52 Å². The average Bonchev–Trinajstić information content (AvgIpc) is 2.87. The van der Waals surface area contributed by atoms with Crippen molar-refractivity contribution in [1.82, 2.24) is 15.1 Å². The second-order valence-corrected chi connectivity index (χ2v) is 5.06. The van der Waals surface area contributed by atoms with Crippen LogP contribution in [0, 0.1) is 5.92 Å². The zero-order valence-corrected chi connectivity index (χ0v) is 11.9. The summed E-state index contributed by atoms with van der Waals surface area (Å²) in [5, 5.41) is 3.93. The first-order valence-corrected chi connectivity index (χ1v) is 6.62. The van der Waals surface area contributed by atoms with Gasteiger partial charge in [-0.1, -0.05) is 25.4 Å². The first-order valence-electron chi connectivity index (χ1n) is 5.83. The highest BCUT2D eigenvalue weighted by molar-refractivity contribution is 9.10. The maximum atomic E-state index is 6.05. The zero-order chi connectivity index (χ0) is 13.1. The molecule has 5 nitrogen and oxygen atoms in total. The predicted molar refractivity (Wildman–Crippen MR) is 71.6 cm³/mol. The number of hydrogen-bond acceptors (Lipinski definition) is 5. The average molecular weight is 311 g/mol. The van der Waals surface area contributed by atoms with E-state index in [1.165, 1.54) is 0 Å². The fourth-order valence-corrected chi connectivity index (χ4v) is 1.95. The number of pyridine rings is 1. The normalized spacial score (nSPS) is 14.4. The van der Waals surface area contributed by atoms with Crippen LogP contribution in [0.25, 0.3) is 11.5 Å². The van der Waals surface area contributed by atoms with E-state index >= 15 is 0 Å². The molecule has 0 bridgehead atoms. The Morgan fingerprint density at radius 3 is 2.94 bits per heavy atom. The lowest BCUT2D eigenvalue weighted by Crippen LogP contribution is -2.18. The Kier molecular flexibility index (Phi) is 4.08. The Bertz CT molecular complexity index is 528. The Labute approximate surface area is 114 Å². The predicted octanol–water partition coefficient (Wildman–Crippen LogP) is 2.94. The van der Waals surface area contributed by atoms with Crippen molar-refractivity contribution in [2.75, 3.05) is 0 Å². The van der Waals surface area contributed by atoms with Gasteiger partial charge < -0.3 is 10.3 Å². The van der Waals surface area contributed by atoms with Crippen molar-refractivity contribution in [1.29, 1.82) is 0 Å². The number of nitrogens with two attached hydrogens (primary N) is 1. The van der Waals surface area contributed by atoms with Crippen LogP contribution in [0.1, 0.15) is 32.2 Å². The molecule has 0 aliphatic carbocycles. The third-order valence-corrected chi connectivity index (χ3v) is 3.59. The Morgan fingerprint density at radius 1 is 1.50 bits per heavy atom. The van der Waals surface area contributed by atoms with Crippen LogP contribution in [0.15, 0.2) is 27.3 Å². The molecule has 0 saturated carbocycles. The van der Waals surface area contributed by atoms with Crippen LogP contribution in [0.2, 0.25) is 0 Å². The molecule has 0 saturated heterocycles. The van der Waals surface area contributed by atoms with E-state index in [1.807, 2.05) is 12.1 Å². The molecule has 0 aliphatic heterocycles. The van der Waals surface area contributed by atoms with Crippen LogP contribution in [0.5, 0.6) is 0 Å². The van der Waals surface area contributed by atoms with Gasteiger partial charge in [0.2, 0.25) is 11.7 Å². The lowest BCUT2D eigenvalue weighted by molar-refractivity contribution is 0.312. The smallest absolute Gasteiger partial charge is 0.244 e. The van der Waals surface area contributed by atoms with Crippen LogP contribution in [-0.2, 0) is 0 Å². The van der Waals surface area contributed by atoms with Crippen molar-refractivity contribution in [3.05, 3.63) is 28.7 Å². The minimum absolute atomic E-state index is 0.237. The summed E-state index contributed by atoms with van der Waals surface area (Å²) in [5.74, 6) is 1.21. The fourth-order valence-electron chi connectivity index (χ4n) is 1.51. The highest BCUT2D eigenvalue weighted by atomic mass is 79.9. The van der Waals surface area contributed by atoms with Crippen molar-refractivity contribution in [2.24, 2.45) is 11.7 Å². The van der Waals surface area contributed by atoms with Gasteiger partial charge in [0.25, 0.3) is 0 Å². The van der Waals surface area contributed by atoms with Crippen LogP contribution in [-0.4, -0.2) is 15.1 Å². The van der Waals surface area contributed by atoms with Crippen molar-refractivity contribution in [2.45, 2.75) is 26.3 Å². The van der Waals surface area contributed by atoms with Crippen LogP contribution in [0.3, 0.4) is 0 Å². The van der Waals surface area contributed by atoms with Crippen LogP contribution >= 0.6 is 15.9 Å². The van der Waals surface area contributed by atoms with Gasteiger partial charge in [-0.05, 0) is 34.0 Å². The van der Waals surface area contributed by atoms with E-state index in [0.717, 1.165) is 10.9 Å². The second kappa shape index (κ2) is 5.58. The summed E-state index contributed by atoms with van der Waals surface area (Å²) >= 11 is 3.41. The maximum Gasteiger partial charge on any atom is 0.244 e. The first kappa shape index (κ1) is 13.2. The summed E-state index contributed by atoms with van der Waals surface area (Å²) in [4.78, 5) is 8.53. The summed E-state index contributed by atoms with van der Waals surface area (Å²) in [6.45, 7) is 4.14. The summed E-state index contributed by atoms with van der Waals surface area (Å²) in [5.41, 5.74) is 6.71. The van der Waals surface area contributed by atoms with Gasteiger partial charge in [0.1, 0.15) is 5.69 Å². The molecule has 0 aromatic carbocycles. The Morgan fingerprint density at radius 2 is 2.28 bits per heavy atom. The van der Waals surface area contributed by atoms with Gasteiger partial charge in [-0.3, -0.25) is 4.98 Å². The maximum absolute atomic E-state index is 6.05. The van der Waals surface area contributed by atoms with Crippen molar-refractivity contribution in [3.63, 3.8) is 0 Å². The van der Waals surface area contributed by atoms with E-state index in [0.29, 0.717) is 23.3 Å². The molecule has 6 heteroatoms. The molecule has 2 aromatic heterocycles. The molecule has 2 aromatic rings. The minimum atomic E-state index is -0.237. The molecule has 96 valence electrons. The monoisotopic (exact) mass is 310 g/mol. The zero-order valence-electron chi connectivity index (χ0n) is 10.3. The van der Waals surface area contributed by atoms with Gasteiger partial charge in [0.05, 0.1) is 6.04 Å². The molecule has 0 spiro atoms. The van der Waals surface area contributed by atoms with E-state index in [4.69, 9.17) is 10.3 Å². The fraction of sp³-hybridized carbons (Fsp3) is 0.417. The summed E-state index contributed by atoms with van der Waals surface area (Å²) in [6, 6.07) is 3.48. The second-order valence-electron chi connectivity index (χ2n) is 4.20. The van der Waals surface area contributed by atoms with Crippen molar-refractivity contribution in [3.8, 4) is 11.5 Å². The van der Waals surface area contributed by atoms with Gasteiger partial charge in [-0.15, -0.1) is 0 Å². The summed E-state index contributed by atoms with van der Waals surface area (Å²) < 4.78 is 6.04. The number of rotatable bonds is 4. The molecule has 2 N–H and O–H groups in total. The SMILES string of the molecule is CCC(C)C(N)c1nc(-c2ncccc2Br)no1. The third kappa shape index (κ3) is 2.59. The Balaban J connectivity index is 2.29. The van der Waals surface area contributed by atoms with Gasteiger partial charge in [-0.2, -0.15) is 4.98 Å². The van der Waals surface area contributed by atoms with Crippen molar-refractivity contribution >= 4 is 15.9 Å². The molecule has 2 atom stereocenters. The van der Waals surface area contributed by atoms with Crippen LogP contribution < -0.4 is 5.73 Å². The van der Waals surface area contributed by atoms with E-state index in [2.05, 4.69) is 44.9 Å². The molecule has 0 radical (unpaired) electrons. The number of halogens is 1. The third-order valence-electron chi connectivity index (χ3n) is 2.95. The topological polar surface area (TPSA) is 77.8 Å². The molecule has 2 heterocycles. The summed E-state index contributed by atoms with van der Waals surface area (Å²) in [6.07, 6.45) is 2.65. The lowest BCUT2D eigenvalue weighted by atomic mass is 10.0. The summed E-state index contributed by atoms with van der Waals surface area (Å²) in [7, 11) is 0. The van der Waals surface area contributed by atoms with E-state index < -0.39 is 0 Å². The number of nitrogens with zero attached hydrogens (tertiary/aromatic N) is 3. The molecule has 2 unspecified atom stereocenters. The Hall–Kier alpha value is -1.27. The van der Waals surface area contributed by atoms with Gasteiger partial charge in [0.15, 0.2) is 0 Å². The van der Waals surface area contributed by atoms with E-state index in [-0.39, 0.29) is 6.04 Å². The quantitative estimate of drug-likeness (QED) is 0.939. The molecular weight excluding hydrogens is 296 g/mol. The molecule has 2 rings (SSSR count). The molecule has 0 fully saturated rings. The highest BCUT2D eigenvalue weighted by Gasteiger charge is 2.21. The first-order chi connectivity index (χ1) is 8.63. The molecule has 0 aliphatic rings. The minimum Gasteiger partial charge on any atom is -0.337 e. The number of aromatic nitrogens is 3. The van der Waals surface area contributed by atoms with Gasteiger partial charge in [-0.25, -0.2) is 0 Å². The largest absolute Gasteiger partial charge is 0.337 e. The molecule has 0 amide bonds. The highest BCUT2D eigenvalue weighted by Crippen LogP contribution is 2.26. The lowest BCUT2D eigenvalue weighted by Gasteiger charge is -2.12. The van der Waals surface area contributed by atoms with Gasteiger partial charge >= 0.3 is 0 Å². The van der Waals surface area contributed by atoms with E-state index in [9.17, 15) is 0 Å².